The van der Waals surface area contributed by atoms with E-state index in [1.54, 1.807) is 4.52 Å². The van der Waals surface area contributed by atoms with Gasteiger partial charge in [0.2, 0.25) is 0 Å². The molecule has 0 aliphatic heterocycles. The highest BCUT2D eigenvalue weighted by molar-refractivity contribution is 9.10. The van der Waals surface area contributed by atoms with E-state index < -0.39 is 0 Å². The summed E-state index contributed by atoms with van der Waals surface area (Å²) < 4.78 is 2.56. The fourth-order valence-corrected chi connectivity index (χ4v) is 2.54. The third kappa shape index (κ3) is 2.54. The van der Waals surface area contributed by atoms with Gasteiger partial charge in [0.15, 0.2) is 5.65 Å². The minimum atomic E-state index is 0.389. The van der Waals surface area contributed by atoms with E-state index >= 15 is 0 Å². The maximum atomic E-state index is 5.63. The van der Waals surface area contributed by atoms with Crippen LogP contribution >= 0.6 is 15.9 Å². The van der Waals surface area contributed by atoms with Gasteiger partial charge in [-0.1, -0.05) is 0 Å². The first kappa shape index (κ1) is 13.1. The molecule has 0 radical (unpaired) electrons. The third-order valence-corrected chi connectivity index (χ3v) is 3.86. The molecule has 4 N–H and O–H groups in total. The van der Waals surface area contributed by atoms with Gasteiger partial charge < -0.3 is 16.0 Å². The van der Waals surface area contributed by atoms with Crippen LogP contribution in [0, 0.1) is 0 Å². The molecule has 0 aromatic carbocycles. The molecule has 0 aliphatic rings. The zero-order valence-electron chi connectivity index (χ0n) is 10.8. The summed E-state index contributed by atoms with van der Waals surface area (Å²) in [5, 5.41) is 7.80. The van der Waals surface area contributed by atoms with Crippen LogP contribution in [0.1, 0.15) is 11.3 Å². The molecule has 20 heavy (non-hydrogen) atoms. The predicted octanol–water partition coefficient (Wildman–Crippen LogP) is 1.93. The molecule has 0 amide bonds. The van der Waals surface area contributed by atoms with E-state index in [0.717, 1.165) is 34.7 Å². The van der Waals surface area contributed by atoms with Crippen molar-refractivity contribution in [3.05, 3.63) is 46.5 Å². The Hall–Kier alpha value is -1.86. The van der Waals surface area contributed by atoms with Crippen molar-refractivity contribution in [1.29, 1.82) is 0 Å². The lowest BCUT2D eigenvalue weighted by Crippen LogP contribution is -2.07. The Morgan fingerprint density at radius 2 is 2.25 bits per heavy atom. The number of H-pyrrole nitrogens is 1. The number of aromatic nitrogens is 4. The standard InChI is InChI=1S/C13H15BrN6/c14-13-10(7-15)18-12-2-1-11(19-20(12)13)17-6-4-9-3-5-16-8-9/h1-3,5,8,16H,4,6-7,15H2,(H,17,19). The van der Waals surface area contributed by atoms with Crippen LogP contribution in [0.2, 0.25) is 0 Å². The number of halogens is 1. The quantitative estimate of drug-likeness (QED) is 0.665. The van der Waals surface area contributed by atoms with E-state index in [1.165, 1.54) is 5.56 Å². The van der Waals surface area contributed by atoms with Crippen molar-refractivity contribution >= 4 is 27.4 Å². The van der Waals surface area contributed by atoms with Gasteiger partial charge in [-0.25, -0.2) is 9.50 Å². The molecule has 3 aromatic heterocycles. The number of hydrogen-bond acceptors (Lipinski definition) is 4. The van der Waals surface area contributed by atoms with E-state index in [4.69, 9.17) is 5.73 Å². The predicted molar refractivity (Wildman–Crippen MR) is 81.6 cm³/mol. The van der Waals surface area contributed by atoms with Crippen LogP contribution in [0.3, 0.4) is 0 Å². The van der Waals surface area contributed by atoms with Gasteiger partial charge >= 0.3 is 0 Å². The lowest BCUT2D eigenvalue weighted by atomic mass is 10.2. The van der Waals surface area contributed by atoms with Crippen molar-refractivity contribution < 1.29 is 0 Å². The molecular weight excluding hydrogens is 320 g/mol. The van der Waals surface area contributed by atoms with Gasteiger partial charge in [0.05, 0.1) is 5.69 Å². The summed E-state index contributed by atoms with van der Waals surface area (Å²) >= 11 is 3.47. The van der Waals surface area contributed by atoms with Crippen LogP contribution in [0.15, 0.2) is 35.2 Å². The molecule has 0 saturated carbocycles. The number of anilines is 1. The fourth-order valence-electron chi connectivity index (χ4n) is 2.03. The van der Waals surface area contributed by atoms with Crippen LogP contribution in [-0.2, 0) is 13.0 Å². The maximum Gasteiger partial charge on any atom is 0.155 e. The second-order valence-electron chi connectivity index (χ2n) is 4.44. The molecule has 0 fully saturated rings. The highest BCUT2D eigenvalue weighted by Gasteiger charge is 2.09. The van der Waals surface area contributed by atoms with Gasteiger partial charge in [-0.2, -0.15) is 0 Å². The number of hydrogen-bond donors (Lipinski definition) is 3. The first-order valence-corrected chi connectivity index (χ1v) is 7.17. The smallest absolute Gasteiger partial charge is 0.155 e. The molecule has 3 rings (SSSR count). The number of nitrogens with one attached hydrogen (secondary N) is 2. The van der Waals surface area contributed by atoms with Crippen LogP contribution in [0.25, 0.3) is 5.65 Å². The fraction of sp³-hybridized carbons (Fsp3) is 0.231. The monoisotopic (exact) mass is 334 g/mol. The van der Waals surface area contributed by atoms with E-state index in [0.29, 0.717) is 6.54 Å². The van der Waals surface area contributed by atoms with E-state index in [2.05, 4.69) is 42.4 Å². The summed E-state index contributed by atoms with van der Waals surface area (Å²) in [6, 6.07) is 5.92. The number of imidazole rings is 1. The maximum absolute atomic E-state index is 5.63. The molecular formula is C13H15BrN6. The van der Waals surface area contributed by atoms with Gasteiger partial charge in [0, 0.05) is 25.5 Å². The van der Waals surface area contributed by atoms with Crippen molar-refractivity contribution in [2.45, 2.75) is 13.0 Å². The Bertz CT molecular complexity index is 703. The minimum absolute atomic E-state index is 0.389. The van der Waals surface area contributed by atoms with Crippen LogP contribution in [0.4, 0.5) is 5.82 Å². The number of nitrogens with two attached hydrogens (primary N) is 1. The summed E-state index contributed by atoms with van der Waals surface area (Å²) in [7, 11) is 0. The number of nitrogens with zero attached hydrogens (tertiary/aromatic N) is 3. The molecule has 3 aromatic rings. The molecule has 7 heteroatoms. The summed E-state index contributed by atoms with van der Waals surface area (Å²) in [6.45, 7) is 1.21. The normalized spacial score (nSPS) is 11.1. The SMILES string of the molecule is NCc1nc2ccc(NCCc3cc[nH]c3)nn2c1Br. The van der Waals surface area contributed by atoms with Gasteiger partial charge in [0.1, 0.15) is 10.4 Å². The van der Waals surface area contributed by atoms with Gasteiger partial charge in [0.25, 0.3) is 0 Å². The summed E-state index contributed by atoms with van der Waals surface area (Å²) in [5.74, 6) is 0.815. The molecule has 0 bridgehead atoms. The highest BCUT2D eigenvalue weighted by Crippen LogP contribution is 2.18. The average molecular weight is 335 g/mol. The molecule has 0 unspecified atom stereocenters. The third-order valence-electron chi connectivity index (χ3n) is 3.06. The van der Waals surface area contributed by atoms with Crippen molar-refractivity contribution in [2.75, 3.05) is 11.9 Å². The van der Waals surface area contributed by atoms with Crippen molar-refractivity contribution in [3.8, 4) is 0 Å². The lowest BCUT2D eigenvalue weighted by Gasteiger charge is -2.05. The molecule has 104 valence electrons. The molecule has 0 aliphatic carbocycles. The molecule has 0 atom stereocenters. The van der Waals surface area contributed by atoms with Crippen LogP contribution in [-0.4, -0.2) is 26.1 Å². The van der Waals surface area contributed by atoms with Gasteiger partial charge in [-0.15, -0.1) is 5.10 Å². The molecule has 3 heterocycles. The van der Waals surface area contributed by atoms with Crippen molar-refractivity contribution in [3.63, 3.8) is 0 Å². The Morgan fingerprint density at radius 1 is 1.35 bits per heavy atom. The first-order chi connectivity index (χ1) is 9.78. The Labute approximate surface area is 124 Å². The average Bonchev–Trinajstić information content (AvgIpc) is 3.08. The van der Waals surface area contributed by atoms with Crippen molar-refractivity contribution in [1.82, 2.24) is 19.6 Å². The first-order valence-electron chi connectivity index (χ1n) is 6.37. The van der Waals surface area contributed by atoms with E-state index in [-0.39, 0.29) is 0 Å². The van der Waals surface area contributed by atoms with Crippen LogP contribution in [0.5, 0.6) is 0 Å². The van der Waals surface area contributed by atoms with Crippen LogP contribution < -0.4 is 11.1 Å². The zero-order chi connectivity index (χ0) is 13.9. The molecule has 0 spiro atoms. The van der Waals surface area contributed by atoms with Crippen molar-refractivity contribution in [2.24, 2.45) is 5.73 Å². The number of rotatable bonds is 5. The molecule has 6 nitrogen and oxygen atoms in total. The summed E-state index contributed by atoms with van der Waals surface area (Å²) in [5.41, 5.74) is 8.50. The lowest BCUT2D eigenvalue weighted by molar-refractivity contribution is 0.892. The second-order valence-corrected chi connectivity index (χ2v) is 5.19. The van der Waals surface area contributed by atoms with Gasteiger partial charge in [-0.3, -0.25) is 0 Å². The number of fused-ring (bicyclic) bond motifs is 1. The summed E-state index contributed by atoms with van der Waals surface area (Å²) in [4.78, 5) is 7.43. The highest BCUT2D eigenvalue weighted by atomic mass is 79.9. The summed E-state index contributed by atoms with van der Waals surface area (Å²) in [6.07, 6.45) is 4.87. The Morgan fingerprint density at radius 3 is 3.00 bits per heavy atom. The largest absolute Gasteiger partial charge is 0.368 e. The zero-order valence-corrected chi connectivity index (χ0v) is 12.4. The second kappa shape index (κ2) is 5.64. The topological polar surface area (TPSA) is 84.0 Å². The Balaban J connectivity index is 1.73. The van der Waals surface area contributed by atoms with E-state index in [1.807, 2.05) is 24.5 Å². The van der Waals surface area contributed by atoms with E-state index in [9.17, 15) is 0 Å². The van der Waals surface area contributed by atoms with Gasteiger partial charge in [-0.05, 0) is 46.1 Å². The number of aromatic amines is 1. The Kier molecular flexibility index (Phi) is 3.70. The minimum Gasteiger partial charge on any atom is -0.368 e. The molecule has 0 saturated heterocycles.